The van der Waals surface area contributed by atoms with Crippen LogP contribution in [0.1, 0.15) is 45.6 Å². The van der Waals surface area contributed by atoms with Crippen molar-refractivity contribution in [1.82, 2.24) is 9.97 Å². The quantitative estimate of drug-likeness (QED) is 0.0857. The van der Waals surface area contributed by atoms with Crippen molar-refractivity contribution in [3.8, 4) is 21.7 Å². The van der Waals surface area contributed by atoms with Gasteiger partial charge in [-0.25, -0.2) is 14.8 Å². The topological polar surface area (TPSA) is 67.8 Å². The Kier molecular flexibility index (Phi) is 11.4. The van der Waals surface area contributed by atoms with Gasteiger partial charge in [0.25, 0.3) is 0 Å². The summed E-state index contributed by atoms with van der Waals surface area (Å²) in [5, 5.41) is 0.244. The van der Waals surface area contributed by atoms with Gasteiger partial charge in [0.1, 0.15) is 16.4 Å². The number of rotatable bonds is 11. The molecule has 4 rings (SSSR count). The lowest BCUT2D eigenvalue weighted by atomic mass is 10.00. The third-order valence-corrected chi connectivity index (χ3v) is 8.62. The summed E-state index contributed by atoms with van der Waals surface area (Å²) in [6.07, 6.45) is -1.07. The van der Waals surface area contributed by atoms with E-state index in [4.69, 9.17) is 8.92 Å². The van der Waals surface area contributed by atoms with Gasteiger partial charge >= 0.3 is 12.3 Å². The number of alkyl halides is 3. The summed E-state index contributed by atoms with van der Waals surface area (Å²) in [5.41, 5.74) is 0.680. The molecule has 0 unspecified atom stereocenters. The number of carbonyl (C=O) groups excluding carboxylic acids is 1. The lowest BCUT2D eigenvalue weighted by Gasteiger charge is -2.27. The van der Waals surface area contributed by atoms with Crippen LogP contribution in [0.2, 0.25) is 0 Å². The molecule has 0 spiro atoms. The highest BCUT2D eigenvalue weighted by Crippen LogP contribution is 2.42. The molecule has 2 aromatic carbocycles. The van der Waals surface area contributed by atoms with Crippen molar-refractivity contribution in [2.24, 2.45) is 0 Å². The molecule has 0 fully saturated rings. The van der Waals surface area contributed by atoms with Crippen molar-refractivity contribution in [2.75, 3.05) is 37.0 Å². The maximum Gasteiger partial charge on any atom is 0.417 e. The molecule has 4 aromatic rings. The summed E-state index contributed by atoms with van der Waals surface area (Å²) in [7, 11) is 4.99. The van der Waals surface area contributed by atoms with Crippen LogP contribution in [-0.2, 0) is 15.1 Å². The summed E-state index contributed by atoms with van der Waals surface area (Å²) in [6, 6.07) is 13.1. The van der Waals surface area contributed by atoms with Crippen molar-refractivity contribution < 1.29 is 26.9 Å². The van der Waals surface area contributed by atoms with Crippen molar-refractivity contribution in [3.63, 3.8) is 0 Å². The van der Waals surface area contributed by atoms with Crippen LogP contribution in [0, 0.1) is 0 Å². The molecule has 0 aliphatic heterocycles. The molecule has 0 atom stereocenters. The standard InChI is InChI=1S/C31H34F3IN4O3S2/c1-30(2,3)42-29(40)39(15-7-6-8-16-41-44-35)22-11-13-25-26(18-22)43-28(37-25)23-12-9-20(17-24(23)31(32,33)34)21-10-14-27(36-19-21)38(4)5/h9-14,17-19H,6-8,15-16H2,1-5H3. The molecule has 0 aliphatic carbocycles. The van der Waals surface area contributed by atoms with Gasteiger partial charge < -0.3 is 13.8 Å². The zero-order valence-corrected chi connectivity index (χ0v) is 28.9. The number of benzene rings is 2. The number of amides is 1. The third kappa shape index (κ3) is 8.98. The first kappa shape index (κ1) is 34.3. The summed E-state index contributed by atoms with van der Waals surface area (Å²) in [4.78, 5) is 25.5. The van der Waals surface area contributed by atoms with E-state index in [2.05, 4.69) is 31.2 Å². The highest BCUT2D eigenvalue weighted by molar-refractivity contribution is 14.2. The van der Waals surface area contributed by atoms with Crippen molar-refractivity contribution in [1.29, 1.82) is 0 Å². The highest BCUT2D eigenvalue weighted by Gasteiger charge is 2.35. The second-order valence-electron chi connectivity index (χ2n) is 11.3. The first-order valence-corrected chi connectivity index (χ1v) is 18.0. The number of thiazole rings is 1. The summed E-state index contributed by atoms with van der Waals surface area (Å²) < 4.78 is 54.7. The molecule has 0 radical (unpaired) electrons. The van der Waals surface area contributed by atoms with Crippen molar-refractivity contribution in [3.05, 3.63) is 60.3 Å². The lowest BCUT2D eigenvalue weighted by molar-refractivity contribution is -0.137. The third-order valence-electron chi connectivity index (χ3n) is 6.55. The average molecular weight is 759 g/mol. The van der Waals surface area contributed by atoms with E-state index in [9.17, 15) is 18.0 Å². The predicted molar refractivity (Wildman–Crippen MR) is 183 cm³/mol. The molecule has 7 nitrogen and oxygen atoms in total. The largest absolute Gasteiger partial charge is 0.443 e. The number of ether oxygens (including phenoxy) is 1. The Bertz CT molecular complexity index is 1570. The van der Waals surface area contributed by atoms with Crippen molar-refractivity contribution in [2.45, 2.75) is 51.8 Å². The minimum atomic E-state index is -4.60. The Balaban J connectivity index is 1.66. The molecule has 0 N–H and O–H groups in total. The Morgan fingerprint density at radius 2 is 1.75 bits per heavy atom. The van der Waals surface area contributed by atoms with E-state index >= 15 is 0 Å². The molecule has 1 amide bonds. The van der Waals surface area contributed by atoms with Gasteiger partial charge in [-0.15, -0.1) is 11.3 Å². The highest BCUT2D eigenvalue weighted by atomic mass is 127. The Labute approximate surface area is 275 Å². The summed E-state index contributed by atoms with van der Waals surface area (Å²) in [6.45, 7) is 6.46. The first-order chi connectivity index (χ1) is 20.8. The minimum absolute atomic E-state index is 0.00208. The number of fused-ring (bicyclic) bond motifs is 1. The Hall–Kier alpha value is -2.62. The van der Waals surface area contributed by atoms with Gasteiger partial charge in [-0.05, 0) is 82.0 Å². The normalized spacial score (nSPS) is 12.0. The Morgan fingerprint density at radius 1 is 1.00 bits per heavy atom. The predicted octanol–water partition coefficient (Wildman–Crippen LogP) is 10.0. The van der Waals surface area contributed by atoms with Crippen LogP contribution in [0.4, 0.5) is 29.5 Å². The van der Waals surface area contributed by atoms with Gasteiger partial charge in [0.05, 0.1) is 31.6 Å². The molecular weight excluding hydrogens is 724 g/mol. The van der Waals surface area contributed by atoms with E-state index in [1.165, 1.54) is 15.3 Å². The fourth-order valence-corrected chi connectivity index (χ4v) is 6.20. The summed E-state index contributed by atoms with van der Waals surface area (Å²) >= 11 is 3.23. The lowest BCUT2D eigenvalue weighted by Crippen LogP contribution is -2.37. The molecule has 0 bridgehead atoms. The fourth-order valence-electron chi connectivity index (χ4n) is 4.44. The van der Waals surface area contributed by atoms with Crippen LogP contribution in [0.15, 0.2) is 54.7 Å². The van der Waals surface area contributed by atoms with Crippen LogP contribution in [-0.4, -0.2) is 48.9 Å². The second kappa shape index (κ2) is 14.6. The number of aromatic nitrogens is 2. The molecule has 2 aromatic heterocycles. The Morgan fingerprint density at radius 3 is 2.39 bits per heavy atom. The van der Waals surface area contributed by atoms with E-state index in [1.54, 1.807) is 68.3 Å². The molecule has 2 heterocycles. The van der Waals surface area contributed by atoms with Crippen molar-refractivity contribution >= 4 is 69.6 Å². The number of nitrogens with zero attached hydrogens (tertiary/aromatic N) is 4. The SMILES string of the molecule is CN(C)c1ccc(-c2ccc(-c3nc4ccc(N(CCCCCOSI)C(=O)OC(C)(C)C)cc4s3)c(C(F)(F)F)c2)cn1. The number of anilines is 2. The van der Waals surface area contributed by atoms with Crippen LogP contribution in [0.25, 0.3) is 31.9 Å². The molecule has 236 valence electrons. The average Bonchev–Trinajstić information content (AvgIpc) is 3.38. The van der Waals surface area contributed by atoms with E-state index in [-0.39, 0.29) is 10.6 Å². The maximum atomic E-state index is 14.4. The first-order valence-electron chi connectivity index (χ1n) is 13.9. The zero-order valence-electron chi connectivity index (χ0n) is 25.1. The van der Waals surface area contributed by atoms with E-state index < -0.39 is 23.4 Å². The number of carbonyl (C=O) groups is 1. The second-order valence-corrected chi connectivity index (χ2v) is 13.8. The van der Waals surface area contributed by atoms with Gasteiger partial charge in [0.15, 0.2) is 0 Å². The summed E-state index contributed by atoms with van der Waals surface area (Å²) in [5.74, 6) is 0.709. The number of hydrogen-bond donors (Lipinski definition) is 0. The molecule has 0 saturated heterocycles. The molecular formula is C31H34F3IN4O3S2. The minimum Gasteiger partial charge on any atom is -0.443 e. The van der Waals surface area contributed by atoms with Gasteiger partial charge in [-0.2, -0.15) is 13.2 Å². The maximum absolute atomic E-state index is 14.4. The molecule has 44 heavy (non-hydrogen) atoms. The number of unbranched alkanes of at least 4 members (excludes halogenated alkanes) is 2. The smallest absolute Gasteiger partial charge is 0.417 e. The van der Waals surface area contributed by atoms with Gasteiger partial charge in [0.2, 0.25) is 0 Å². The van der Waals surface area contributed by atoms with Gasteiger partial charge in [0, 0.05) is 64.9 Å². The van der Waals surface area contributed by atoms with Crippen LogP contribution < -0.4 is 9.80 Å². The van der Waals surface area contributed by atoms with Crippen LogP contribution in [0.5, 0.6) is 0 Å². The van der Waals surface area contributed by atoms with E-state index in [1.807, 2.05) is 19.0 Å². The molecule has 13 heteroatoms. The van der Waals surface area contributed by atoms with Crippen LogP contribution >= 0.6 is 41.8 Å². The fraction of sp³-hybridized carbons (Fsp3) is 0.387. The number of hydrogen-bond acceptors (Lipinski definition) is 8. The molecule has 0 aliphatic rings. The molecule has 0 saturated carbocycles. The zero-order chi connectivity index (χ0) is 32.1. The van der Waals surface area contributed by atoms with E-state index in [0.717, 1.165) is 36.7 Å². The number of halogens is 4. The van der Waals surface area contributed by atoms with Gasteiger partial charge in [-0.1, -0.05) is 12.1 Å². The monoisotopic (exact) mass is 758 g/mol. The van der Waals surface area contributed by atoms with Crippen LogP contribution in [0.3, 0.4) is 0 Å². The van der Waals surface area contributed by atoms with Gasteiger partial charge in [-0.3, -0.25) is 4.90 Å². The number of pyridine rings is 1. The van der Waals surface area contributed by atoms with E-state index in [0.29, 0.717) is 46.0 Å².